The van der Waals surface area contributed by atoms with Gasteiger partial charge in [-0.25, -0.2) is 4.79 Å². The molecular formula is C20H29N3O4. The van der Waals surface area contributed by atoms with Crippen molar-refractivity contribution in [2.75, 3.05) is 38.6 Å². The van der Waals surface area contributed by atoms with Gasteiger partial charge in [-0.2, -0.15) is 0 Å². The van der Waals surface area contributed by atoms with E-state index in [4.69, 9.17) is 4.74 Å². The summed E-state index contributed by atoms with van der Waals surface area (Å²) >= 11 is 0. The van der Waals surface area contributed by atoms with Crippen molar-refractivity contribution in [1.29, 1.82) is 0 Å². The number of hydrogen-bond donors (Lipinski definition) is 2. The number of aryl methyl sites for hydroxylation is 1. The molecule has 2 amide bonds. The first-order valence-corrected chi connectivity index (χ1v) is 9.44. The molecule has 1 unspecified atom stereocenters. The largest absolute Gasteiger partial charge is 0.465 e. The van der Waals surface area contributed by atoms with Crippen LogP contribution < -0.4 is 10.6 Å². The fourth-order valence-corrected chi connectivity index (χ4v) is 3.30. The van der Waals surface area contributed by atoms with Crippen molar-refractivity contribution >= 4 is 23.5 Å². The molecular weight excluding hydrogens is 346 g/mol. The van der Waals surface area contributed by atoms with Gasteiger partial charge in [0, 0.05) is 13.1 Å². The summed E-state index contributed by atoms with van der Waals surface area (Å²) in [7, 11) is 1.31. The van der Waals surface area contributed by atoms with Crippen LogP contribution in [0.15, 0.2) is 18.2 Å². The van der Waals surface area contributed by atoms with Crippen molar-refractivity contribution in [3.8, 4) is 0 Å². The standard InChI is InChI=1S/C20H29N3O4/c1-4-10-21-19(25)15-8-6-11-23(12-15)13-17(24)22-18-14(2)7-5-9-16(18)20(26)27-3/h5,7,9,15H,4,6,8,10-13H2,1-3H3,(H,21,25)(H,22,24). The predicted molar refractivity (Wildman–Crippen MR) is 104 cm³/mol. The lowest BCUT2D eigenvalue weighted by Gasteiger charge is -2.31. The summed E-state index contributed by atoms with van der Waals surface area (Å²) in [4.78, 5) is 38.7. The van der Waals surface area contributed by atoms with Crippen molar-refractivity contribution in [2.45, 2.75) is 33.1 Å². The molecule has 0 aliphatic carbocycles. The van der Waals surface area contributed by atoms with Crippen molar-refractivity contribution < 1.29 is 19.1 Å². The first kappa shape index (κ1) is 20.9. The van der Waals surface area contributed by atoms with Gasteiger partial charge in [-0.15, -0.1) is 0 Å². The summed E-state index contributed by atoms with van der Waals surface area (Å²) in [6.45, 7) is 6.07. The average molecular weight is 375 g/mol. The molecule has 0 aromatic heterocycles. The van der Waals surface area contributed by atoms with Crippen LogP contribution in [-0.4, -0.2) is 56.0 Å². The molecule has 1 fully saturated rings. The number of nitrogens with one attached hydrogen (secondary N) is 2. The Hall–Kier alpha value is -2.41. The maximum absolute atomic E-state index is 12.5. The Morgan fingerprint density at radius 1 is 1.30 bits per heavy atom. The number of benzene rings is 1. The third kappa shape index (κ3) is 5.79. The number of likely N-dealkylation sites (tertiary alicyclic amines) is 1. The van der Waals surface area contributed by atoms with Crippen LogP contribution in [0.2, 0.25) is 0 Å². The van der Waals surface area contributed by atoms with Gasteiger partial charge < -0.3 is 15.4 Å². The van der Waals surface area contributed by atoms with E-state index < -0.39 is 5.97 Å². The summed E-state index contributed by atoms with van der Waals surface area (Å²) in [5.41, 5.74) is 1.60. The minimum Gasteiger partial charge on any atom is -0.465 e. The van der Waals surface area contributed by atoms with Crippen LogP contribution in [-0.2, 0) is 14.3 Å². The molecule has 2 N–H and O–H groups in total. The zero-order valence-corrected chi connectivity index (χ0v) is 16.3. The van der Waals surface area contributed by atoms with Gasteiger partial charge in [-0.05, 0) is 44.4 Å². The number of piperidine rings is 1. The Balaban J connectivity index is 1.98. The number of carbonyl (C=O) groups is 3. The smallest absolute Gasteiger partial charge is 0.339 e. The normalized spacial score (nSPS) is 17.2. The zero-order chi connectivity index (χ0) is 19.8. The quantitative estimate of drug-likeness (QED) is 0.712. The van der Waals surface area contributed by atoms with Crippen LogP contribution in [0.4, 0.5) is 5.69 Å². The molecule has 7 nitrogen and oxygen atoms in total. The summed E-state index contributed by atoms with van der Waals surface area (Å²) in [5, 5.41) is 5.77. The molecule has 148 valence electrons. The van der Waals surface area contributed by atoms with E-state index in [2.05, 4.69) is 10.6 Å². The average Bonchev–Trinajstić information content (AvgIpc) is 2.67. The van der Waals surface area contributed by atoms with Crippen molar-refractivity contribution in [3.05, 3.63) is 29.3 Å². The molecule has 0 saturated carbocycles. The molecule has 1 atom stereocenters. The molecule has 1 aromatic carbocycles. The zero-order valence-electron chi connectivity index (χ0n) is 16.3. The van der Waals surface area contributed by atoms with Gasteiger partial charge in [0.05, 0.1) is 30.8 Å². The first-order chi connectivity index (χ1) is 13.0. The van der Waals surface area contributed by atoms with Crippen molar-refractivity contribution in [1.82, 2.24) is 10.2 Å². The molecule has 7 heteroatoms. The Morgan fingerprint density at radius 2 is 2.07 bits per heavy atom. The van der Waals surface area contributed by atoms with Gasteiger partial charge >= 0.3 is 5.97 Å². The number of ether oxygens (including phenoxy) is 1. The van der Waals surface area contributed by atoms with Crippen molar-refractivity contribution in [3.63, 3.8) is 0 Å². The lowest BCUT2D eigenvalue weighted by molar-refractivity contribution is -0.127. The van der Waals surface area contributed by atoms with E-state index in [9.17, 15) is 14.4 Å². The summed E-state index contributed by atoms with van der Waals surface area (Å²) in [5.74, 6) is -0.709. The van der Waals surface area contributed by atoms with Gasteiger partial charge in [-0.1, -0.05) is 19.1 Å². The highest BCUT2D eigenvalue weighted by Crippen LogP contribution is 2.22. The van der Waals surface area contributed by atoms with E-state index in [1.807, 2.05) is 24.8 Å². The summed E-state index contributed by atoms with van der Waals surface area (Å²) in [6.07, 6.45) is 2.64. The first-order valence-electron chi connectivity index (χ1n) is 9.44. The second-order valence-corrected chi connectivity index (χ2v) is 6.90. The Labute approximate surface area is 160 Å². The maximum atomic E-state index is 12.5. The maximum Gasteiger partial charge on any atom is 0.339 e. The van der Waals surface area contributed by atoms with Crippen LogP contribution in [0.5, 0.6) is 0 Å². The van der Waals surface area contributed by atoms with E-state index in [0.717, 1.165) is 31.4 Å². The molecule has 1 aliphatic heterocycles. The number of esters is 1. The Bertz CT molecular complexity index is 690. The minimum atomic E-state index is -0.486. The van der Waals surface area contributed by atoms with Crippen LogP contribution in [0.25, 0.3) is 0 Å². The molecule has 1 saturated heterocycles. The predicted octanol–water partition coefficient (Wildman–Crippen LogP) is 1.96. The third-order valence-electron chi connectivity index (χ3n) is 4.74. The lowest BCUT2D eigenvalue weighted by atomic mass is 9.97. The molecule has 0 radical (unpaired) electrons. The van der Waals surface area contributed by atoms with Crippen LogP contribution >= 0.6 is 0 Å². The van der Waals surface area contributed by atoms with Crippen LogP contribution in [0.3, 0.4) is 0 Å². The van der Waals surface area contributed by atoms with E-state index in [-0.39, 0.29) is 24.3 Å². The van der Waals surface area contributed by atoms with Gasteiger partial charge in [0.2, 0.25) is 11.8 Å². The van der Waals surface area contributed by atoms with E-state index >= 15 is 0 Å². The van der Waals surface area contributed by atoms with Crippen molar-refractivity contribution in [2.24, 2.45) is 5.92 Å². The van der Waals surface area contributed by atoms with Gasteiger partial charge in [-0.3, -0.25) is 14.5 Å². The summed E-state index contributed by atoms with van der Waals surface area (Å²) in [6, 6.07) is 5.21. The Morgan fingerprint density at radius 3 is 2.78 bits per heavy atom. The Kier molecular flexibility index (Phi) is 7.79. The number of methoxy groups -OCH3 is 1. The second kappa shape index (κ2) is 10.1. The van der Waals surface area contributed by atoms with E-state index in [0.29, 0.717) is 24.3 Å². The number of carbonyl (C=O) groups excluding carboxylic acids is 3. The monoisotopic (exact) mass is 375 g/mol. The third-order valence-corrected chi connectivity index (χ3v) is 4.74. The highest BCUT2D eigenvalue weighted by atomic mass is 16.5. The second-order valence-electron chi connectivity index (χ2n) is 6.90. The molecule has 1 heterocycles. The molecule has 1 aliphatic rings. The molecule has 27 heavy (non-hydrogen) atoms. The van der Waals surface area contributed by atoms with E-state index in [1.165, 1.54) is 7.11 Å². The fourth-order valence-electron chi connectivity index (χ4n) is 3.30. The minimum absolute atomic E-state index is 0.0637. The number of amides is 2. The molecule has 1 aromatic rings. The fraction of sp³-hybridized carbons (Fsp3) is 0.550. The van der Waals surface area contributed by atoms with Crippen LogP contribution in [0, 0.1) is 12.8 Å². The lowest BCUT2D eigenvalue weighted by Crippen LogP contribution is -2.45. The van der Waals surface area contributed by atoms with Gasteiger partial charge in [0.25, 0.3) is 0 Å². The SMILES string of the molecule is CCCNC(=O)C1CCCN(CC(=O)Nc2c(C)cccc2C(=O)OC)C1. The topological polar surface area (TPSA) is 87.7 Å². The number of hydrogen-bond acceptors (Lipinski definition) is 5. The number of rotatable bonds is 7. The van der Waals surface area contributed by atoms with Gasteiger partial charge in [0.15, 0.2) is 0 Å². The number of nitrogens with zero attached hydrogens (tertiary/aromatic N) is 1. The van der Waals surface area contributed by atoms with E-state index in [1.54, 1.807) is 12.1 Å². The van der Waals surface area contributed by atoms with Crippen LogP contribution in [0.1, 0.15) is 42.1 Å². The highest BCUT2D eigenvalue weighted by molar-refractivity contribution is 6.02. The highest BCUT2D eigenvalue weighted by Gasteiger charge is 2.27. The molecule has 0 spiro atoms. The molecule has 2 rings (SSSR count). The number of anilines is 1. The number of para-hydroxylation sites is 1. The van der Waals surface area contributed by atoms with Gasteiger partial charge in [0.1, 0.15) is 0 Å². The summed E-state index contributed by atoms with van der Waals surface area (Å²) < 4.78 is 4.79. The molecule has 0 bridgehead atoms.